The highest BCUT2D eigenvalue weighted by Gasteiger charge is 2.32. The first-order valence-corrected chi connectivity index (χ1v) is 8.64. The van der Waals surface area contributed by atoms with Crippen LogP contribution in [0.4, 0.5) is 29.3 Å². The van der Waals surface area contributed by atoms with Crippen LogP contribution in [0.2, 0.25) is 0 Å². The van der Waals surface area contributed by atoms with E-state index < -0.39 is 17.8 Å². The number of nitrogens with one attached hydrogen (secondary N) is 2. The summed E-state index contributed by atoms with van der Waals surface area (Å²) in [6.45, 7) is 3.09. The average Bonchev–Trinajstić information content (AvgIpc) is 3.13. The van der Waals surface area contributed by atoms with Crippen LogP contribution in [0.1, 0.15) is 18.4 Å². The molecule has 0 spiro atoms. The molecular formula is C17H22F3N3O3. The molecule has 0 bridgehead atoms. The van der Waals surface area contributed by atoms with Crippen molar-refractivity contribution >= 4 is 17.4 Å². The van der Waals surface area contributed by atoms with Crippen LogP contribution in [-0.4, -0.2) is 51.6 Å². The number of urea groups is 1. The Morgan fingerprint density at radius 2 is 2.00 bits per heavy atom. The van der Waals surface area contributed by atoms with E-state index in [-0.39, 0.29) is 11.8 Å². The minimum atomic E-state index is -4.48. The summed E-state index contributed by atoms with van der Waals surface area (Å²) < 4.78 is 49.9. The number of alkyl halides is 3. The summed E-state index contributed by atoms with van der Waals surface area (Å²) in [6.07, 6.45) is -2.71. The van der Waals surface area contributed by atoms with Crippen molar-refractivity contribution in [3.63, 3.8) is 0 Å². The normalized spacial score (nSPS) is 20.9. The number of hydrogen-bond donors (Lipinski definition) is 2. The lowest BCUT2D eigenvalue weighted by Crippen LogP contribution is -2.38. The number of ether oxygens (including phenoxy) is 2. The van der Waals surface area contributed by atoms with E-state index in [2.05, 4.69) is 10.6 Å². The lowest BCUT2D eigenvalue weighted by Gasteiger charge is -2.31. The Kier molecular flexibility index (Phi) is 5.87. The minimum absolute atomic E-state index is 0.0408. The van der Waals surface area contributed by atoms with E-state index in [1.807, 2.05) is 4.90 Å². The molecule has 2 fully saturated rings. The zero-order valence-electron chi connectivity index (χ0n) is 14.3. The molecule has 2 saturated heterocycles. The van der Waals surface area contributed by atoms with Crippen LogP contribution in [0.3, 0.4) is 0 Å². The van der Waals surface area contributed by atoms with Gasteiger partial charge in [-0.15, -0.1) is 0 Å². The molecule has 0 aromatic heterocycles. The third-order valence-corrected chi connectivity index (χ3v) is 4.44. The van der Waals surface area contributed by atoms with E-state index in [0.717, 1.165) is 25.0 Å². The van der Waals surface area contributed by atoms with Gasteiger partial charge in [-0.2, -0.15) is 13.2 Å². The molecule has 0 radical (unpaired) electrons. The molecule has 2 heterocycles. The van der Waals surface area contributed by atoms with Crippen molar-refractivity contribution < 1.29 is 27.4 Å². The fourth-order valence-electron chi connectivity index (χ4n) is 3.07. The van der Waals surface area contributed by atoms with E-state index >= 15 is 0 Å². The molecule has 6 nitrogen and oxygen atoms in total. The second-order valence-electron chi connectivity index (χ2n) is 6.30. The lowest BCUT2D eigenvalue weighted by molar-refractivity contribution is -0.137. The number of carbonyl (C=O) groups is 1. The first kappa shape index (κ1) is 18.8. The van der Waals surface area contributed by atoms with Crippen molar-refractivity contribution in [3.8, 4) is 0 Å². The fourth-order valence-corrected chi connectivity index (χ4v) is 3.07. The average molecular weight is 373 g/mol. The predicted octanol–water partition coefficient (Wildman–Crippen LogP) is 2.84. The Labute approximate surface area is 149 Å². The summed E-state index contributed by atoms with van der Waals surface area (Å²) in [5.41, 5.74) is -0.121. The van der Waals surface area contributed by atoms with Crippen molar-refractivity contribution in [2.75, 3.05) is 49.7 Å². The summed E-state index contributed by atoms with van der Waals surface area (Å²) in [5, 5.41) is 5.22. The standard InChI is InChI=1S/C17H22F3N3O3/c18-17(19,20)12-3-4-15(23-5-8-25-9-6-23)14(10-12)22-16(24)21-11-13-2-1-7-26-13/h3-4,10,13H,1-2,5-9,11H2,(H2,21,22,24). The minimum Gasteiger partial charge on any atom is -0.378 e. The molecule has 2 aliphatic heterocycles. The molecule has 144 valence electrons. The Morgan fingerprint density at radius 1 is 1.23 bits per heavy atom. The third-order valence-electron chi connectivity index (χ3n) is 4.44. The molecule has 1 unspecified atom stereocenters. The van der Waals surface area contributed by atoms with E-state index in [0.29, 0.717) is 45.1 Å². The van der Waals surface area contributed by atoms with Crippen molar-refractivity contribution in [1.29, 1.82) is 0 Å². The number of halogens is 3. The first-order chi connectivity index (χ1) is 12.4. The van der Waals surface area contributed by atoms with Crippen LogP contribution in [-0.2, 0) is 15.7 Å². The van der Waals surface area contributed by atoms with Gasteiger partial charge < -0.3 is 25.0 Å². The molecule has 1 aromatic carbocycles. The molecule has 1 aromatic rings. The molecular weight excluding hydrogens is 351 g/mol. The second kappa shape index (κ2) is 8.13. The van der Waals surface area contributed by atoms with Crippen LogP contribution in [0.25, 0.3) is 0 Å². The Hall–Kier alpha value is -2.00. The Balaban J connectivity index is 1.73. The molecule has 0 saturated carbocycles. The van der Waals surface area contributed by atoms with Gasteiger partial charge in [0, 0.05) is 26.2 Å². The summed E-state index contributed by atoms with van der Waals surface area (Å²) in [4.78, 5) is 14.1. The van der Waals surface area contributed by atoms with E-state index in [1.165, 1.54) is 6.07 Å². The highest BCUT2D eigenvalue weighted by molar-refractivity contribution is 5.93. The predicted molar refractivity (Wildman–Crippen MR) is 90.5 cm³/mol. The number of carbonyl (C=O) groups excluding carboxylic acids is 1. The zero-order chi connectivity index (χ0) is 18.6. The van der Waals surface area contributed by atoms with Crippen molar-refractivity contribution in [3.05, 3.63) is 23.8 Å². The number of amides is 2. The highest BCUT2D eigenvalue weighted by Crippen LogP contribution is 2.35. The first-order valence-electron chi connectivity index (χ1n) is 8.64. The van der Waals surface area contributed by atoms with Crippen LogP contribution < -0.4 is 15.5 Å². The molecule has 26 heavy (non-hydrogen) atoms. The summed E-state index contributed by atoms with van der Waals surface area (Å²) >= 11 is 0. The number of nitrogens with zero attached hydrogens (tertiary/aromatic N) is 1. The quantitative estimate of drug-likeness (QED) is 0.852. The Bertz CT molecular complexity index is 627. The van der Waals surface area contributed by atoms with Gasteiger partial charge in [-0.05, 0) is 31.0 Å². The largest absolute Gasteiger partial charge is 0.416 e. The molecule has 0 aliphatic carbocycles. The molecule has 1 atom stereocenters. The third kappa shape index (κ3) is 4.79. The molecule has 2 aliphatic rings. The molecule has 2 N–H and O–H groups in total. The number of rotatable bonds is 4. The summed E-state index contributed by atoms with van der Waals surface area (Å²) in [5.74, 6) is 0. The number of benzene rings is 1. The van der Waals surface area contributed by atoms with E-state index in [4.69, 9.17) is 9.47 Å². The van der Waals surface area contributed by atoms with Gasteiger partial charge in [-0.3, -0.25) is 0 Å². The van der Waals surface area contributed by atoms with Gasteiger partial charge in [-0.25, -0.2) is 4.79 Å². The van der Waals surface area contributed by atoms with Gasteiger partial charge in [0.25, 0.3) is 0 Å². The Morgan fingerprint density at radius 3 is 2.65 bits per heavy atom. The maximum atomic E-state index is 13.1. The molecule has 2 amide bonds. The van der Waals surface area contributed by atoms with Gasteiger partial charge in [0.15, 0.2) is 0 Å². The van der Waals surface area contributed by atoms with Gasteiger partial charge in [0.05, 0.1) is 36.3 Å². The number of anilines is 2. The zero-order valence-corrected chi connectivity index (χ0v) is 14.3. The molecule has 9 heteroatoms. The van der Waals surface area contributed by atoms with Gasteiger partial charge in [0.1, 0.15) is 0 Å². The van der Waals surface area contributed by atoms with Crippen LogP contribution in [0, 0.1) is 0 Å². The van der Waals surface area contributed by atoms with Crippen molar-refractivity contribution in [1.82, 2.24) is 5.32 Å². The second-order valence-corrected chi connectivity index (χ2v) is 6.30. The smallest absolute Gasteiger partial charge is 0.378 e. The van der Waals surface area contributed by atoms with Crippen molar-refractivity contribution in [2.24, 2.45) is 0 Å². The van der Waals surface area contributed by atoms with Crippen LogP contribution >= 0.6 is 0 Å². The molecule has 3 rings (SSSR count). The summed E-state index contributed by atoms with van der Waals surface area (Å²) in [6, 6.07) is 2.84. The van der Waals surface area contributed by atoms with E-state index in [1.54, 1.807) is 0 Å². The van der Waals surface area contributed by atoms with Crippen LogP contribution in [0.5, 0.6) is 0 Å². The SMILES string of the molecule is O=C(NCC1CCCO1)Nc1cc(C(F)(F)F)ccc1N1CCOCC1. The number of hydrogen-bond acceptors (Lipinski definition) is 4. The topological polar surface area (TPSA) is 62.8 Å². The number of morpholine rings is 1. The summed E-state index contributed by atoms with van der Waals surface area (Å²) in [7, 11) is 0. The van der Waals surface area contributed by atoms with Crippen LogP contribution in [0.15, 0.2) is 18.2 Å². The maximum absolute atomic E-state index is 13.1. The maximum Gasteiger partial charge on any atom is 0.416 e. The van der Waals surface area contributed by atoms with Gasteiger partial charge in [0.2, 0.25) is 0 Å². The van der Waals surface area contributed by atoms with Gasteiger partial charge >= 0.3 is 12.2 Å². The fraction of sp³-hybridized carbons (Fsp3) is 0.588. The highest BCUT2D eigenvalue weighted by atomic mass is 19.4. The van der Waals surface area contributed by atoms with Gasteiger partial charge in [-0.1, -0.05) is 0 Å². The lowest BCUT2D eigenvalue weighted by atomic mass is 10.1. The van der Waals surface area contributed by atoms with E-state index in [9.17, 15) is 18.0 Å². The monoisotopic (exact) mass is 373 g/mol. The van der Waals surface area contributed by atoms with Crippen molar-refractivity contribution in [2.45, 2.75) is 25.1 Å².